The fourth-order valence-electron chi connectivity index (χ4n) is 2.77. The van der Waals surface area contributed by atoms with Gasteiger partial charge in [0.05, 0.1) is 0 Å². The SMILES string of the molecule is Cc1cc(C(=O)NC(C)C2(c3ccc(Br)cc3)CC2)no1. The third-order valence-corrected chi connectivity index (χ3v) is 4.77. The fourth-order valence-corrected chi connectivity index (χ4v) is 3.03. The van der Waals surface area contributed by atoms with Gasteiger partial charge < -0.3 is 9.84 Å². The largest absolute Gasteiger partial charge is 0.361 e. The van der Waals surface area contributed by atoms with E-state index in [0.29, 0.717) is 11.5 Å². The molecule has 1 aromatic carbocycles. The van der Waals surface area contributed by atoms with E-state index in [2.05, 4.69) is 45.5 Å². The van der Waals surface area contributed by atoms with Gasteiger partial charge in [0.15, 0.2) is 5.69 Å². The number of benzene rings is 1. The van der Waals surface area contributed by atoms with Crippen molar-refractivity contribution in [2.24, 2.45) is 0 Å². The van der Waals surface area contributed by atoms with E-state index >= 15 is 0 Å². The summed E-state index contributed by atoms with van der Waals surface area (Å²) >= 11 is 3.45. The maximum absolute atomic E-state index is 12.2. The van der Waals surface area contributed by atoms with Crippen molar-refractivity contribution >= 4 is 21.8 Å². The van der Waals surface area contributed by atoms with Crippen LogP contribution in [-0.2, 0) is 5.41 Å². The molecule has 1 aliphatic carbocycles. The van der Waals surface area contributed by atoms with E-state index in [0.717, 1.165) is 17.3 Å². The molecule has 1 saturated carbocycles. The highest BCUT2D eigenvalue weighted by Gasteiger charge is 2.49. The Bertz CT molecular complexity index is 659. The maximum Gasteiger partial charge on any atom is 0.273 e. The number of hydrogen-bond acceptors (Lipinski definition) is 3. The Morgan fingerprint density at radius 2 is 2.05 bits per heavy atom. The summed E-state index contributed by atoms with van der Waals surface area (Å²) in [5, 5.41) is 6.81. The standard InChI is InChI=1S/C16H17BrN2O2/c1-10-9-14(19-21-10)15(20)18-11(2)16(7-8-16)12-3-5-13(17)6-4-12/h3-6,9,11H,7-8H2,1-2H3,(H,18,20). The van der Waals surface area contributed by atoms with E-state index in [4.69, 9.17) is 4.52 Å². The fraction of sp³-hybridized carbons (Fsp3) is 0.375. The average molecular weight is 349 g/mol. The van der Waals surface area contributed by atoms with Crippen LogP contribution in [0.25, 0.3) is 0 Å². The topological polar surface area (TPSA) is 55.1 Å². The van der Waals surface area contributed by atoms with Gasteiger partial charge in [-0.1, -0.05) is 33.2 Å². The van der Waals surface area contributed by atoms with E-state index in [1.54, 1.807) is 13.0 Å². The highest BCUT2D eigenvalue weighted by atomic mass is 79.9. The molecule has 5 heteroatoms. The predicted octanol–water partition coefficient (Wildman–Crippen LogP) is 3.60. The van der Waals surface area contributed by atoms with Gasteiger partial charge in [0.25, 0.3) is 5.91 Å². The molecule has 1 unspecified atom stereocenters. The van der Waals surface area contributed by atoms with Gasteiger partial charge in [-0.3, -0.25) is 4.79 Å². The first-order valence-electron chi connectivity index (χ1n) is 7.01. The van der Waals surface area contributed by atoms with Crippen LogP contribution in [0.1, 0.15) is 41.6 Å². The summed E-state index contributed by atoms with van der Waals surface area (Å²) in [5.41, 5.74) is 1.66. The van der Waals surface area contributed by atoms with Crippen LogP contribution < -0.4 is 5.32 Å². The van der Waals surface area contributed by atoms with Gasteiger partial charge in [0.2, 0.25) is 0 Å². The average Bonchev–Trinajstić information content (AvgIpc) is 3.16. The number of aryl methyl sites for hydroxylation is 1. The van der Waals surface area contributed by atoms with Crippen LogP contribution in [0, 0.1) is 6.92 Å². The molecule has 1 fully saturated rings. The second-order valence-corrected chi connectivity index (χ2v) is 6.60. The Balaban J connectivity index is 1.74. The molecule has 4 nitrogen and oxygen atoms in total. The Morgan fingerprint density at radius 3 is 2.57 bits per heavy atom. The van der Waals surface area contributed by atoms with Crippen LogP contribution in [-0.4, -0.2) is 17.1 Å². The van der Waals surface area contributed by atoms with Crippen molar-refractivity contribution in [1.29, 1.82) is 0 Å². The van der Waals surface area contributed by atoms with Crippen LogP contribution in [0.3, 0.4) is 0 Å². The van der Waals surface area contributed by atoms with Crippen LogP contribution in [0.2, 0.25) is 0 Å². The summed E-state index contributed by atoms with van der Waals surface area (Å²) in [5.74, 6) is 0.463. The zero-order valence-electron chi connectivity index (χ0n) is 12.0. The Morgan fingerprint density at radius 1 is 1.38 bits per heavy atom. The summed E-state index contributed by atoms with van der Waals surface area (Å²) in [6.45, 7) is 3.83. The number of carbonyl (C=O) groups is 1. The molecule has 1 amide bonds. The lowest BCUT2D eigenvalue weighted by Gasteiger charge is -2.24. The third-order valence-electron chi connectivity index (χ3n) is 4.24. The van der Waals surface area contributed by atoms with Gasteiger partial charge in [0.1, 0.15) is 5.76 Å². The first-order valence-corrected chi connectivity index (χ1v) is 7.81. The van der Waals surface area contributed by atoms with E-state index in [9.17, 15) is 4.79 Å². The highest BCUT2D eigenvalue weighted by molar-refractivity contribution is 9.10. The smallest absolute Gasteiger partial charge is 0.273 e. The molecule has 110 valence electrons. The van der Waals surface area contributed by atoms with E-state index in [1.807, 2.05) is 12.1 Å². The molecule has 1 heterocycles. The van der Waals surface area contributed by atoms with Crippen molar-refractivity contribution < 1.29 is 9.32 Å². The lowest BCUT2D eigenvalue weighted by molar-refractivity contribution is 0.0922. The summed E-state index contributed by atoms with van der Waals surface area (Å²) in [4.78, 5) is 12.2. The lowest BCUT2D eigenvalue weighted by atomic mass is 9.89. The zero-order valence-corrected chi connectivity index (χ0v) is 13.6. The molecule has 2 aromatic rings. The monoisotopic (exact) mass is 348 g/mol. The number of amides is 1. The molecule has 1 atom stereocenters. The summed E-state index contributed by atoms with van der Waals surface area (Å²) in [7, 11) is 0. The predicted molar refractivity (Wildman–Crippen MR) is 83.2 cm³/mol. The summed E-state index contributed by atoms with van der Waals surface area (Å²) < 4.78 is 6.02. The number of carbonyl (C=O) groups excluding carboxylic acids is 1. The van der Waals surface area contributed by atoms with E-state index in [-0.39, 0.29) is 17.4 Å². The first kappa shape index (κ1) is 14.3. The second-order valence-electron chi connectivity index (χ2n) is 5.68. The molecule has 1 aliphatic rings. The molecule has 0 radical (unpaired) electrons. The van der Waals surface area contributed by atoms with Crippen LogP contribution in [0.5, 0.6) is 0 Å². The van der Waals surface area contributed by atoms with Gasteiger partial charge in [-0.05, 0) is 44.4 Å². The van der Waals surface area contributed by atoms with Crippen molar-refractivity contribution in [2.75, 3.05) is 0 Å². The minimum Gasteiger partial charge on any atom is -0.361 e. The first-order chi connectivity index (χ1) is 10.0. The number of halogens is 1. The van der Waals surface area contributed by atoms with Crippen molar-refractivity contribution in [3.05, 3.63) is 51.8 Å². The van der Waals surface area contributed by atoms with Crippen molar-refractivity contribution in [3.63, 3.8) is 0 Å². The zero-order chi connectivity index (χ0) is 15.0. The molecule has 21 heavy (non-hydrogen) atoms. The minimum atomic E-state index is -0.178. The third kappa shape index (κ3) is 2.75. The Hall–Kier alpha value is -1.62. The molecule has 1 N–H and O–H groups in total. The molecule has 0 bridgehead atoms. The number of nitrogens with zero attached hydrogens (tertiary/aromatic N) is 1. The van der Waals surface area contributed by atoms with Gasteiger partial charge >= 0.3 is 0 Å². The van der Waals surface area contributed by atoms with Gasteiger partial charge in [-0.2, -0.15) is 0 Å². The highest BCUT2D eigenvalue weighted by Crippen LogP contribution is 2.51. The quantitative estimate of drug-likeness (QED) is 0.918. The van der Waals surface area contributed by atoms with Crippen molar-refractivity contribution in [2.45, 2.75) is 38.1 Å². The second kappa shape index (κ2) is 5.30. The number of aromatic nitrogens is 1. The molecule has 1 aromatic heterocycles. The van der Waals surface area contributed by atoms with Crippen LogP contribution in [0.15, 0.2) is 39.3 Å². The molecule has 0 aliphatic heterocycles. The molecule has 0 saturated heterocycles. The number of nitrogens with one attached hydrogen (secondary N) is 1. The van der Waals surface area contributed by atoms with Gasteiger partial charge in [0, 0.05) is 22.0 Å². The molecule has 3 rings (SSSR count). The number of hydrogen-bond donors (Lipinski definition) is 1. The van der Waals surface area contributed by atoms with Crippen LogP contribution >= 0.6 is 15.9 Å². The van der Waals surface area contributed by atoms with Crippen LogP contribution in [0.4, 0.5) is 0 Å². The van der Waals surface area contributed by atoms with E-state index in [1.165, 1.54) is 5.56 Å². The molecular formula is C16H17BrN2O2. The molecule has 0 spiro atoms. The summed E-state index contributed by atoms with van der Waals surface area (Å²) in [6.07, 6.45) is 2.18. The Kier molecular flexibility index (Phi) is 3.61. The Labute approximate surface area is 132 Å². The summed E-state index contributed by atoms with van der Waals surface area (Å²) in [6, 6.07) is 10.1. The molecular weight excluding hydrogens is 332 g/mol. The number of rotatable bonds is 4. The minimum absolute atomic E-state index is 0.0507. The van der Waals surface area contributed by atoms with Gasteiger partial charge in [-0.15, -0.1) is 0 Å². The lowest BCUT2D eigenvalue weighted by Crippen LogP contribution is -2.41. The maximum atomic E-state index is 12.2. The van der Waals surface area contributed by atoms with Crippen molar-refractivity contribution in [3.8, 4) is 0 Å². The van der Waals surface area contributed by atoms with E-state index < -0.39 is 0 Å². The van der Waals surface area contributed by atoms with Crippen molar-refractivity contribution in [1.82, 2.24) is 10.5 Å². The normalized spacial score (nSPS) is 17.3. The van der Waals surface area contributed by atoms with Gasteiger partial charge in [-0.25, -0.2) is 0 Å².